The lowest BCUT2D eigenvalue weighted by molar-refractivity contribution is 0.0296. The Bertz CT molecular complexity index is 692. The van der Waals surface area contributed by atoms with Crippen molar-refractivity contribution in [2.24, 2.45) is 0 Å². The van der Waals surface area contributed by atoms with Crippen LogP contribution in [0.3, 0.4) is 0 Å². The number of nitrogens with zero attached hydrogens (tertiary/aromatic N) is 1. The first-order valence-corrected chi connectivity index (χ1v) is 9.05. The number of rotatable bonds is 2. The van der Waals surface area contributed by atoms with Crippen molar-refractivity contribution in [2.75, 3.05) is 18.8 Å². The maximum absolute atomic E-state index is 10.7. The third-order valence-electron chi connectivity index (χ3n) is 5.87. The molecule has 1 aliphatic heterocycles. The van der Waals surface area contributed by atoms with E-state index in [0.29, 0.717) is 5.92 Å². The maximum Gasteiger partial charge on any atom is 0.0739 e. The molecule has 2 unspecified atom stereocenters. The Kier molecular flexibility index (Phi) is 4.30. The van der Waals surface area contributed by atoms with Crippen molar-refractivity contribution in [3.8, 4) is 0 Å². The fourth-order valence-electron chi connectivity index (χ4n) is 4.46. The second-order valence-corrected chi connectivity index (χ2v) is 7.25. The maximum atomic E-state index is 10.7. The van der Waals surface area contributed by atoms with Crippen molar-refractivity contribution in [3.63, 3.8) is 0 Å². The van der Waals surface area contributed by atoms with Crippen molar-refractivity contribution in [2.45, 2.75) is 43.7 Å². The van der Waals surface area contributed by atoms with E-state index in [-0.39, 0.29) is 12.1 Å². The lowest BCUT2D eigenvalue weighted by Gasteiger charge is -2.42. The van der Waals surface area contributed by atoms with Crippen LogP contribution < -0.4 is 5.73 Å². The molecule has 0 spiro atoms. The zero-order chi connectivity index (χ0) is 16.5. The van der Waals surface area contributed by atoms with Crippen LogP contribution in [0.25, 0.3) is 0 Å². The zero-order valence-electron chi connectivity index (χ0n) is 14.1. The summed E-state index contributed by atoms with van der Waals surface area (Å²) in [4.78, 5) is 2.49. The Morgan fingerprint density at radius 2 is 1.67 bits per heavy atom. The minimum Gasteiger partial charge on any atom is -0.398 e. The van der Waals surface area contributed by atoms with Crippen LogP contribution in [0.2, 0.25) is 0 Å². The second-order valence-electron chi connectivity index (χ2n) is 7.25. The van der Waals surface area contributed by atoms with Gasteiger partial charge in [-0.1, -0.05) is 42.5 Å². The van der Waals surface area contributed by atoms with Gasteiger partial charge in [0.05, 0.1) is 6.10 Å². The summed E-state index contributed by atoms with van der Waals surface area (Å²) in [6.45, 7) is 2.12. The number of hydrogen-bond acceptors (Lipinski definition) is 3. The van der Waals surface area contributed by atoms with E-state index < -0.39 is 0 Å². The van der Waals surface area contributed by atoms with Crippen LogP contribution in [0, 0.1) is 0 Å². The first-order valence-electron chi connectivity index (χ1n) is 9.05. The average molecular weight is 322 g/mol. The lowest BCUT2D eigenvalue weighted by atomic mass is 9.82. The number of aliphatic hydroxyl groups excluding tert-OH is 1. The Balaban J connectivity index is 1.45. The highest BCUT2D eigenvalue weighted by atomic mass is 16.3. The predicted molar refractivity (Wildman–Crippen MR) is 98.0 cm³/mol. The number of likely N-dealkylation sites (tertiary alicyclic amines) is 1. The molecule has 2 atom stereocenters. The number of benzene rings is 2. The van der Waals surface area contributed by atoms with E-state index in [2.05, 4.69) is 41.3 Å². The SMILES string of the molecule is Nc1cccc2c1CC(N1CCC(c3ccccc3)CC1)C(O)C2. The molecule has 3 heteroatoms. The monoisotopic (exact) mass is 322 g/mol. The molecule has 0 radical (unpaired) electrons. The first-order chi connectivity index (χ1) is 11.7. The molecule has 2 aromatic carbocycles. The van der Waals surface area contributed by atoms with Gasteiger partial charge in [0.1, 0.15) is 0 Å². The van der Waals surface area contributed by atoms with Crippen molar-refractivity contribution in [1.82, 2.24) is 4.90 Å². The van der Waals surface area contributed by atoms with Gasteiger partial charge in [-0.05, 0) is 61.0 Å². The van der Waals surface area contributed by atoms with E-state index in [1.807, 2.05) is 12.1 Å². The highest BCUT2D eigenvalue weighted by molar-refractivity contribution is 5.52. The number of nitrogens with two attached hydrogens (primary N) is 1. The van der Waals surface area contributed by atoms with Gasteiger partial charge in [0, 0.05) is 18.2 Å². The van der Waals surface area contributed by atoms with Gasteiger partial charge in [0.15, 0.2) is 0 Å². The van der Waals surface area contributed by atoms with Crippen LogP contribution in [0.4, 0.5) is 5.69 Å². The number of anilines is 1. The third-order valence-corrected chi connectivity index (χ3v) is 5.87. The largest absolute Gasteiger partial charge is 0.398 e. The zero-order valence-corrected chi connectivity index (χ0v) is 14.1. The van der Waals surface area contributed by atoms with Gasteiger partial charge in [-0.3, -0.25) is 4.90 Å². The summed E-state index contributed by atoms with van der Waals surface area (Å²) in [5, 5.41) is 10.7. The predicted octanol–water partition coefficient (Wildman–Crippen LogP) is 2.98. The summed E-state index contributed by atoms with van der Waals surface area (Å²) >= 11 is 0. The molecule has 4 rings (SSSR count). The molecule has 0 saturated carbocycles. The van der Waals surface area contributed by atoms with Crippen LogP contribution in [-0.4, -0.2) is 35.2 Å². The molecular weight excluding hydrogens is 296 g/mol. The minimum atomic E-state index is -0.285. The fraction of sp³-hybridized carbons (Fsp3) is 0.429. The number of aliphatic hydroxyl groups is 1. The highest BCUT2D eigenvalue weighted by Crippen LogP contribution is 2.33. The Morgan fingerprint density at radius 1 is 0.917 bits per heavy atom. The molecule has 2 aromatic rings. The van der Waals surface area contributed by atoms with Gasteiger partial charge in [-0.15, -0.1) is 0 Å². The molecule has 0 aromatic heterocycles. The van der Waals surface area contributed by atoms with Gasteiger partial charge in [-0.25, -0.2) is 0 Å². The van der Waals surface area contributed by atoms with Crippen molar-refractivity contribution < 1.29 is 5.11 Å². The van der Waals surface area contributed by atoms with Crippen molar-refractivity contribution in [1.29, 1.82) is 0 Å². The molecule has 0 bridgehead atoms. The van der Waals surface area contributed by atoms with Gasteiger partial charge in [-0.2, -0.15) is 0 Å². The van der Waals surface area contributed by atoms with Crippen molar-refractivity contribution in [3.05, 3.63) is 65.2 Å². The molecule has 126 valence electrons. The Morgan fingerprint density at radius 3 is 2.42 bits per heavy atom. The van der Waals surface area contributed by atoms with Gasteiger partial charge in [0.25, 0.3) is 0 Å². The highest BCUT2D eigenvalue weighted by Gasteiger charge is 2.34. The van der Waals surface area contributed by atoms with Crippen LogP contribution in [0.15, 0.2) is 48.5 Å². The van der Waals surface area contributed by atoms with E-state index >= 15 is 0 Å². The molecule has 1 heterocycles. The average Bonchev–Trinajstić information content (AvgIpc) is 2.62. The molecular formula is C21H26N2O. The van der Waals surface area contributed by atoms with E-state index in [1.165, 1.54) is 29.5 Å². The van der Waals surface area contributed by atoms with Crippen LogP contribution in [-0.2, 0) is 12.8 Å². The molecule has 2 aliphatic rings. The Hall–Kier alpha value is -1.84. The number of fused-ring (bicyclic) bond motifs is 1. The molecule has 1 saturated heterocycles. The molecule has 24 heavy (non-hydrogen) atoms. The quantitative estimate of drug-likeness (QED) is 0.836. The summed E-state index contributed by atoms with van der Waals surface area (Å²) in [7, 11) is 0. The Labute approximate surface area is 144 Å². The van der Waals surface area contributed by atoms with Gasteiger partial charge >= 0.3 is 0 Å². The smallest absolute Gasteiger partial charge is 0.0739 e. The summed E-state index contributed by atoms with van der Waals surface area (Å²) < 4.78 is 0. The summed E-state index contributed by atoms with van der Waals surface area (Å²) in [6.07, 6.45) is 3.66. The van der Waals surface area contributed by atoms with E-state index in [9.17, 15) is 5.11 Å². The fourth-order valence-corrected chi connectivity index (χ4v) is 4.46. The van der Waals surface area contributed by atoms with Crippen LogP contribution >= 0.6 is 0 Å². The summed E-state index contributed by atoms with van der Waals surface area (Å²) in [5.74, 6) is 0.653. The summed E-state index contributed by atoms with van der Waals surface area (Å²) in [6, 6.07) is 17.1. The van der Waals surface area contributed by atoms with Gasteiger partial charge in [0.2, 0.25) is 0 Å². The molecule has 3 nitrogen and oxygen atoms in total. The van der Waals surface area contributed by atoms with Crippen LogP contribution in [0.1, 0.15) is 35.4 Å². The number of hydrogen-bond donors (Lipinski definition) is 2. The summed E-state index contributed by atoms with van der Waals surface area (Å²) in [5.41, 5.74) is 11.0. The molecule has 1 fully saturated rings. The van der Waals surface area contributed by atoms with E-state index in [0.717, 1.165) is 31.6 Å². The molecule has 0 amide bonds. The number of nitrogen functional groups attached to an aromatic ring is 1. The lowest BCUT2D eigenvalue weighted by Crippen LogP contribution is -2.51. The minimum absolute atomic E-state index is 0.207. The number of piperidine rings is 1. The standard InChI is InChI=1S/C21H26N2O/c22-19-8-4-7-17-13-21(24)20(14-18(17)19)23-11-9-16(10-12-23)15-5-2-1-3-6-15/h1-8,16,20-21,24H,9-14,22H2. The topological polar surface area (TPSA) is 49.5 Å². The van der Waals surface area contributed by atoms with E-state index in [1.54, 1.807) is 0 Å². The second kappa shape index (κ2) is 6.58. The van der Waals surface area contributed by atoms with Gasteiger partial charge < -0.3 is 10.8 Å². The van der Waals surface area contributed by atoms with Crippen molar-refractivity contribution >= 4 is 5.69 Å². The molecule has 3 N–H and O–H groups in total. The first kappa shape index (κ1) is 15.7. The van der Waals surface area contributed by atoms with E-state index in [4.69, 9.17) is 5.73 Å². The van der Waals surface area contributed by atoms with Crippen LogP contribution in [0.5, 0.6) is 0 Å². The normalized spacial score (nSPS) is 25.4. The molecule has 1 aliphatic carbocycles. The third kappa shape index (κ3) is 2.94.